The Kier molecular flexibility index (Phi) is 12.1. The Balaban J connectivity index is 1.58. The number of benzene rings is 3. The highest BCUT2D eigenvalue weighted by atomic mass is 16.2. The van der Waals surface area contributed by atoms with Gasteiger partial charge in [-0.25, -0.2) is 0 Å². The quantitative estimate of drug-likeness (QED) is 0.0764. The lowest BCUT2D eigenvalue weighted by atomic mass is 9.76. The molecule has 3 aromatic rings. The van der Waals surface area contributed by atoms with Crippen LogP contribution in [0.2, 0.25) is 0 Å². The number of hydrogen-bond donors (Lipinski definition) is 7. The third-order valence-electron chi connectivity index (χ3n) is 8.77. The number of aliphatic imine (C=N–C) groups is 1. The highest BCUT2D eigenvalue weighted by Crippen LogP contribution is 2.32. The van der Waals surface area contributed by atoms with E-state index in [2.05, 4.69) is 15.6 Å². The zero-order valence-corrected chi connectivity index (χ0v) is 26.2. The number of nitrogens with two attached hydrogens (primary N) is 4. The van der Waals surface area contributed by atoms with Gasteiger partial charge in [0, 0.05) is 24.4 Å². The van der Waals surface area contributed by atoms with E-state index >= 15 is 0 Å². The third-order valence-corrected chi connectivity index (χ3v) is 8.77. The fraction of sp³-hybridized carbons (Fsp3) is 0.400. The molecule has 1 unspecified atom stereocenters. The van der Waals surface area contributed by atoms with Crippen LogP contribution in [0, 0.1) is 17.2 Å². The Labute approximate surface area is 270 Å². The number of rotatable bonds is 15. The van der Waals surface area contributed by atoms with E-state index in [-0.39, 0.29) is 48.9 Å². The molecule has 1 fully saturated rings. The molecule has 11 N–H and O–H groups in total. The Bertz CT molecular complexity index is 1540. The zero-order valence-electron chi connectivity index (χ0n) is 26.2. The molecule has 0 heterocycles. The van der Waals surface area contributed by atoms with Crippen molar-refractivity contribution in [3.63, 3.8) is 0 Å². The molecule has 1 aliphatic rings. The van der Waals surface area contributed by atoms with Crippen molar-refractivity contribution in [3.05, 3.63) is 83.4 Å². The molecule has 46 heavy (non-hydrogen) atoms. The van der Waals surface area contributed by atoms with Crippen LogP contribution in [-0.4, -0.2) is 48.1 Å². The number of hydrogen-bond acceptors (Lipinski definition) is 5. The molecule has 0 spiro atoms. The number of fused-ring (bicyclic) bond motifs is 1. The maximum atomic E-state index is 14.2. The van der Waals surface area contributed by atoms with Gasteiger partial charge in [-0.3, -0.25) is 24.8 Å². The number of carbonyl (C=O) groups is 3. The van der Waals surface area contributed by atoms with Gasteiger partial charge in [-0.1, -0.05) is 86.0 Å². The Morgan fingerprint density at radius 1 is 0.783 bits per heavy atom. The van der Waals surface area contributed by atoms with Crippen LogP contribution in [0.1, 0.15) is 61.6 Å². The lowest BCUT2D eigenvalue weighted by Crippen LogP contribution is -2.55. The monoisotopic (exact) mass is 626 g/mol. The molecule has 0 aromatic heterocycles. The van der Waals surface area contributed by atoms with Gasteiger partial charge in [-0.2, -0.15) is 0 Å². The van der Waals surface area contributed by atoms with E-state index < -0.39 is 23.9 Å². The van der Waals surface area contributed by atoms with Gasteiger partial charge in [0.25, 0.3) is 0 Å². The van der Waals surface area contributed by atoms with Crippen LogP contribution in [0.25, 0.3) is 10.8 Å². The molecule has 0 bridgehead atoms. The van der Waals surface area contributed by atoms with Crippen LogP contribution in [0.3, 0.4) is 0 Å². The molecular weight excluding hydrogens is 580 g/mol. The van der Waals surface area contributed by atoms with Crippen LogP contribution in [0.4, 0.5) is 0 Å². The summed E-state index contributed by atoms with van der Waals surface area (Å²) >= 11 is 0. The molecule has 0 aliphatic heterocycles. The van der Waals surface area contributed by atoms with Gasteiger partial charge in [0.2, 0.25) is 17.7 Å². The first-order valence-corrected chi connectivity index (χ1v) is 16.0. The second-order valence-corrected chi connectivity index (χ2v) is 12.2. The molecule has 11 heteroatoms. The maximum absolute atomic E-state index is 14.2. The summed E-state index contributed by atoms with van der Waals surface area (Å²) in [4.78, 5) is 44.2. The normalized spacial score (nSPS) is 15.3. The number of nitrogen functional groups attached to an aromatic ring is 1. The molecule has 11 nitrogen and oxygen atoms in total. The van der Waals surface area contributed by atoms with Crippen LogP contribution >= 0.6 is 0 Å². The number of amidine groups is 1. The van der Waals surface area contributed by atoms with Crippen molar-refractivity contribution in [2.75, 3.05) is 6.54 Å². The Hall–Kier alpha value is -4.93. The van der Waals surface area contributed by atoms with E-state index in [1.54, 1.807) is 12.1 Å². The average Bonchev–Trinajstić information content (AvgIpc) is 3.04. The topological polar surface area (TPSA) is 216 Å². The summed E-state index contributed by atoms with van der Waals surface area (Å²) in [5.41, 5.74) is 24.6. The molecule has 244 valence electrons. The average molecular weight is 627 g/mol. The smallest absolute Gasteiger partial charge is 0.243 e. The highest BCUT2D eigenvalue weighted by molar-refractivity contribution is 5.95. The maximum Gasteiger partial charge on any atom is 0.243 e. The molecule has 0 saturated heterocycles. The van der Waals surface area contributed by atoms with E-state index in [0.717, 1.165) is 54.0 Å². The summed E-state index contributed by atoms with van der Waals surface area (Å²) in [5, 5.41) is 15.6. The fourth-order valence-electron chi connectivity index (χ4n) is 6.24. The van der Waals surface area contributed by atoms with Crippen LogP contribution in [0.5, 0.6) is 0 Å². The zero-order chi connectivity index (χ0) is 33.1. The van der Waals surface area contributed by atoms with E-state index in [4.69, 9.17) is 28.3 Å². The second kappa shape index (κ2) is 16.4. The van der Waals surface area contributed by atoms with Crippen LogP contribution in [0.15, 0.2) is 71.7 Å². The first kappa shape index (κ1) is 34.0. The van der Waals surface area contributed by atoms with Crippen molar-refractivity contribution in [2.45, 2.75) is 69.9 Å². The predicted molar refractivity (Wildman–Crippen MR) is 182 cm³/mol. The second-order valence-electron chi connectivity index (χ2n) is 12.2. The summed E-state index contributed by atoms with van der Waals surface area (Å²) in [7, 11) is 0. The number of nitrogens with zero attached hydrogens (tertiary/aromatic N) is 1. The highest BCUT2D eigenvalue weighted by Gasteiger charge is 2.33. The van der Waals surface area contributed by atoms with Crippen molar-refractivity contribution >= 4 is 40.3 Å². The van der Waals surface area contributed by atoms with Crippen LogP contribution < -0.4 is 33.6 Å². The molecule has 0 radical (unpaired) electrons. The first-order chi connectivity index (χ1) is 22.1. The third kappa shape index (κ3) is 9.79. The van der Waals surface area contributed by atoms with Gasteiger partial charge in [0.15, 0.2) is 5.96 Å². The number of amides is 3. The molecule has 3 atom stereocenters. The molecule has 1 aliphatic carbocycles. The van der Waals surface area contributed by atoms with E-state index in [1.807, 2.05) is 54.6 Å². The number of primary amides is 1. The molecule has 4 rings (SSSR count). The largest absolute Gasteiger partial charge is 0.384 e. The SMILES string of the molecule is N=C(N)c1ccc(CC(C(=O)N[C@@H](Cc2ccc3ccccc3c2)C(=O)N[C@@H](CCCN=C(N)N)C(N)=O)C2CCCCC2)cc1. The van der Waals surface area contributed by atoms with Crippen molar-refractivity contribution in [2.24, 2.45) is 39.8 Å². The number of nitrogens with one attached hydrogen (secondary N) is 3. The summed E-state index contributed by atoms with van der Waals surface area (Å²) in [5.74, 6) is -1.63. The predicted octanol–water partition coefficient (Wildman–Crippen LogP) is 2.61. The standard InChI is InChI=1S/C35H46N8O3/c36-31(37)26-16-12-22(13-17-26)20-28(25-8-2-1-3-9-25)33(45)43-30(21-23-14-15-24-7-4-5-10-27(24)19-23)34(46)42-29(32(38)44)11-6-18-41-35(39)40/h4-5,7,10,12-17,19,25,28-30H,1-3,6,8-9,11,18,20-21H2,(H3,36,37)(H2,38,44)(H,42,46)(H,43,45)(H4,39,40,41)/t28?,29-,30-/m0/s1. The minimum Gasteiger partial charge on any atom is -0.384 e. The lowest BCUT2D eigenvalue weighted by molar-refractivity contribution is -0.133. The van der Waals surface area contributed by atoms with Crippen molar-refractivity contribution in [1.82, 2.24) is 10.6 Å². The number of guanidine groups is 1. The fourth-order valence-corrected chi connectivity index (χ4v) is 6.24. The van der Waals surface area contributed by atoms with Crippen molar-refractivity contribution in [3.8, 4) is 0 Å². The lowest BCUT2D eigenvalue weighted by Gasteiger charge is -2.31. The van der Waals surface area contributed by atoms with Gasteiger partial charge in [0.1, 0.15) is 17.9 Å². The number of carbonyl (C=O) groups excluding carboxylic acids is 3. The summed E-state index contributed by atoms with van der Waals surface area (Å²) in [6.07, 6.45) is 6.52. The van der Waals surface area contributed by atoms with Gasteiger partial charge >= 0.3 is 0 Å². The van der Waals surface area contributed by atoms with Gasteiger partial charge < -0.3 is 33.6 Å². The minimum atomic E-state index is -0.952. The summed E-state index contributed by atoms with van der Waals surface area (Å²) in [6, 6.07) is 19.4. The van der Waals surface area contributed by atoms with E-state index in [1.165, 1.54) is 0 Å². The first-order valence-electron chi connectivity index (χ1n) is 16.0. The summed E-state index contributed by atoms with van der Waals surface area (Å²) < 4.78 is 0. The Morgan fingerprint density at radius 3 is 2.09 bits per heavy atom. The van der Waals surface area contributed by atoms with Crippen LogP contribution in [-0.2, 0) is 27.2 Å². The van der Waals surface area contributed by atoms with E-state index in [9.17, 15) is 14.4 Å². The molecule has 3 amide bonds. The van der Waals surface area contributed by atoms with Gasteiger partial charge in [-0.15, -0.1) is 0 Å². The molecular formula is C35H46N8O3. The van der Waals surface area contributed by atoms with E-state index in [0.29, 0.717) is 18.4 Å². The minimum absolute atomic E-state index is 0.0128. The van der Waals surface area contributed by atoms with Gasteiger partial charge in [0.05, 0.1) is 0 Å². The molecule has 3 aromatic carbocycles. The summed E-state index contributed by atoms with van der Waals surface area (Å²) in [6.45, 7) is 0.287. The van der Waals surface area contributed by atoms with Crippen molar-refractivity contribution in [1.29, 1.82) is 5.41 Å². The van der Waals surface area contributed by atoms with Gasteiger partial charge in [-0.05, 0) is 59.9 Å². The van der Waals surface area contributed by atoms with Crippen molar-refractivity contribution < 1.29 is 14.4 Å². The molecule has 1 saturated carbocycles. The Morgan fingerprint density at radius 2 is 1.43 bits per heavy atom.